The number of carbonyl (C=O) groups excluding carboxylic acids is 1. The Morgan fingerprint density at radius 2 is 2.04 bits per heavy atom. The molecule has 1 aliphatic heterocycles. The number of rotatable bonds is 5. The molecular formula is C18H23N3O3. The van der Waals surface area contributed by atoms with E-state index < -0.39 is 6.10 Å². The van der Waals surface area contributed by atoms with Crippen LogP contribution in [0, 0.1) is 0 Å². The van der Waals surface area contributed by atoms with E-state index in [0.29, 0.717) is 6.54 Å². The molecule has 0 bridgehead atoms. The number of pyridine rings is 1. The molecule has 0 spiro atoms. The molecule has 2 heterocycles. The van der Waals surface area contributed by atoms with Gasteiger partial charge in [-0.3, -0.25) is 14.7 Å². The maximum Gasteiger partial charge on any atom is 0.219 e. The number of aromatic nitrogens is 1. The summed E-state index contributed by atoms with van der Waals surface area (Å²) in [5.74, 6) is 0.851. The molecule has 1 aromatic carbocycles. The van der Waals surface area contributed by atoms with Crippen molar-refractivity contribution in [3.8, 4) is 5.75 Å². The minimum Gasteiger partial charge on any atom is -0.490 e. The SMILES string of the molecule is CC(=O)N1CCN(CC(O)COc2cccc3ncccc23)CC1. The average Bonchev–Trinajstić information content (AvgIpc) is 2.60. The molecule has 1 amide bonds. The van der Waals surface area contributed by atoms with Gasteiger partial charge in [-0.15, -0.1) is 0 Å². The van der Waals surface area contributed by atoms with E-state index in [2.05, 4.69) is 9.88 Å². The molecule has 6 heteroatoms. The zero-order chi connectivity index (χ0) is 16.9. The van der Waals surface area contributed by atoms with Gasteiger partial charge in [0.05, 0.1) is 5.52 Å². The van der Waals surface area contributed by atoms with Gasteiger partial charge in [0, 0.05) is 51.2 Å². The van der Waals surface area contributed by atoms with Gasteiger partial charge in [0.1, 0.15) is 18.5 Å². The Labute approximate surface area is 141 Å². The van der Waals surface area contributed by atoms with Crippen LogP contribution in [0.4, 0.5) is 0 Å². The molecule has 0 saturated carbocycles. The van der Waals surface area contributed by atoms with Crippen molar-refractivity contribution < 1.29 is 14.6 Å². The van der Waals surface area contributed by atoms with Gasteiger partial charge >= 0.3 is 0 Å². The molecule has 1 N–H and O–H groups in total. The van der Waals surface area contributed by atoms with Crippen LogP contribution in [0.1, 0.15) is 6.92 Å². The Morgan fingerprint density at radius 3 is 2.79 bits per heavy atom. The van der Waals surface area contributed by atoms with Crippen LogP contribution in [0.25, 0.3) is 10.9 Å². The molecule has 1 atom stereocenters. The van der Waals surface area contributed by atoms with Crippen molar-refractivity contribution in [2.24, 2.45) is 0 Å². The van der Waals surface area contributed by atoms with Crippen LogP contribution in [0.5, 0.6) is 5.75 Å². The third-order valence-corrected chi connectivity index (χ3v) is 4.32. The molecule has 6 nitrogen and oxygen atoms in total. The molecule has 1 aromatic heterocycles. The molecule has 2 aromatic rings. The second-order valence-electron chi connectivity index (χ2n) is 6.10. The van der Waals surface area contributed by atoms with Gasteiger partial charge in [-0.1, -0.05) is 6.07 Å². The number of ether oxygens (including phenoxy) is 1. The second kappa shape index (κ2) is 7.59. The smallest absolute Gasteiger partial charge is 0.219 e. The molecule has 1 unspecified atom stereocenters. The van der Waals surface area contributed by atoms with Gasteiger partial charge in [0.15, 0.2) is 0 Å². The first-order valence-electron chi connectivity index (χ1n) is 8.26. The van der Waals surface area contributed by atoms with Crippen molar-refractivity contribution in [1.82, 2.24) is 14.8 Å². The lowest BCUT2D eigenvalue weighted by Crippen LogP contribution is -2.50. The van der Waals surface area contributed by atoms with Crippen LogP contribution >= 0.6 is 0 Å². The highest BCUT2D eigenvalue weighted by molar-refractivity contribution is 5.84. The number of hydrogen-bond donors (Lipinski definition) is 1. The summed E-state index contributed by atoms with van der Waals surface area (Å²) in [5, 5.41) is 11.2. The first kappa shape index (κ1) is 16.7. The maximum atomic E-state index is 11.3. The summed E-state index contributed by atoms with van der Waals surface area (Å²) in [6, 6.07) is 9.57. The van der Waals surface area contributed by atoms with E-state index in [1.54, 1.807) is 13.1 Å². The fourth-order valence-electron chi connectivity index (χ4n) is 2.98. The first-order valence-corrected chi connectivity index (χ1v) is 8.26. The quantitative estimate of drug-likeness (QED) is 0.891. The van der Waals surface area contributed by atoms with E-state index in [-0.39, 0.29) is 12.5 Å². The summed E-state index contributed by atoms with van der Waals surface area (Å²) in [5.41, 5.74) is 0.879. The number of nitrogens with zero attached hydrogens (tertiary/aromatic N) is 3. The number of aliphatic hydroxyl groups excluding tert-OH is 1. The van der Waals surface area contributed by atoms with Crippen molar-refractivity contribution in [3.63, 3.8) is 0 Å². The van der Waals surface area contributed by atoms with Crippen LogP contribution in [-0.4, -0.2) is 71.2 Å². The molecule has 1 fully saturated rings. The highest BCUT2D eigenvalue weighted by atomic mass is 16.5. The summed E-state index contributed by atoms with van der Waals surface area (Å²) >= 11 is 0. The second-order valence-corrected chi connectivity index (χ2v) is 6.10. The minimum atomic E-state index is -0.569. The Balaban J connectivity index is 1.51. The standard InChI is InChI=1S/C18H23N3O3/c1-14(22)21-10-8-20(9-11-21)12-15(23)13-24-18-6-2-5-17-16(18)4-3-7-19-17/h2-7,15,23H,8-13H2,1H3. The van der Waals surface area contributed by atoms with Gasteiger partial charge in [-0.25, -0.2) is 0 Å². The minimum absolute atomic E-state index is 0.114. The van der Waals surface area contributed by atoms with Crippen LogP contribution < -0.4 is 4.74 Å². The number of β-amino-alcohol motifs (C(OH)–C–C–N with tert-alkyl or cyclic N) is 1. The molecule has 3 rings (SSSR count). The molecular weight excluding hydrogens is 306 g/mol. The number of piperazine rings is 1. The Kier molecular flexibility index (Phi) is 5.27. The molecule has 0 aliphatic carbocycles. The van der Waals surface area contributed by atoms with Gasteiger partial charge in [0.2, 0.25) is 5.91 Å². The van der Waals surface area contributed by atoms with Gasteiger partial charge in [-0.2, -0.15) is 0 Å². The molecule has 128 valence electrons. The van der Waals surface area contributed by atoms with Crippen molar-refractivity contribution in [1.29, 1.82) is 0 Å². The third kappa shape index (κ3) is 4.01. The van der Waals surface area contributed by atoms with E-state index in [9.17, 15) is 9.90 Å². The van der Waals surface area contributed by atoms with E-state index in [4.69, 9.17) is 4.74 Å². The molecule has 1 aliphatic rings. The predicted molar refractivity (Wildman–Crippen MR) is 91.9 cm³/mol. The lowest BCUT2D eigenvalue weighted by atomic mass is 10.2. The van der Waals surface area contributed by atoms with Crippen molar-refractivity contribution in [3.05, 3.63) is 36.5 Å². The van der Waals surface area contributed by atoms with Gasteiger partial charge < -0.3 is 14.7 Å². The van der Waals surface area contributed by atoms with E-state index in [1.807, 2.05) is 35.2 Å². The summed E-state index contributed by atoms with van der Waals surface area (Å²) in [6.07, 6.45) is 1.18. The van der Waals surface area contributed by atoms with E-state index in [1.165, 1.54) is 0 Å². The first-order chi connectivity index (χ1) is 11.6. The predicted octanol–water partition coefficient (Wildman–Crippen LogP) is 1.14. The zero-order valence-electron chi connectivity index (χ0n) is 13.9. The monoisotopic (exact) mass is 329 g/mol. The fourth-order valence-corrected chi connectivity index (χ4v) is 2.98. The van der Waals surface area contributed by atoms with Gasteiger partial charge in [-0.05, 0) is 24.3 Å². The largest absolute Gasteiger partial charge is 0.490 e. The normalized spacial score (nSPS) is 17.0. The Hall–Kier alpha value is -2.18. The summed E-state index contributed by atoms with van der Waals surface area (Å²) in [7, 11) is 0. The topological polar surface area (TPSA) is 65.9 Å². The number of hydrogen-bond acceptors (Lipinski definition) is 5. The number of benzene rings is 1. The summed E-state index contributed by atoms with van der Waals surface area (Å²) < 4.78 is 5.80. The zero-order valence-corrected chi connectivity index (χ0v) is 13.9. The van der Waals surface area contributed by atoms with Crippen molar-refractivity contribution in [2.45, 2.75) is 13.0 Å². The number of amides is 1. The molecule has 0 radical (unpaired) electrons. The van der Waals surface area contributed by atoms with Gasteiger partial charge in [0.25, 0.3) is 0 Å². The van der Waals surface area contributed by atoms with Crippen LogP contribution in [0.15, 0.2) is 36.5 Å². The van der Waals surface area contributed by atoms with Crippen LogP contribution in [0.2, 0.25) is 0 Å². The number of carbonyl (C=O) groups is 1. The Bertz CT molecular complexity index is 693. The molecule has 24 heavy (non-hydrogen) atoms. The number of aliphatic hydroxyl groups is 1. The van der Waals surface area contributed by atoms with E-state index >= 15 is 0 Å². The maximum absolute atomic E-state index is 11.3. The third-order valence-electron chi connectivity index (χ3n) is 4.32. The van der Waals surface area contributed by atoms with Crippen molar-refractivity contribution in [2.75, 3.05) is 39.3 Å². The highest BCUT2D eigenvalue weighted by Gasteiger charge is 2.20. The Morgan fingerprint density at radius 1 is 1.25 bits per heavy atom. The lowest BCUT2D eigenvalue weighted by Gasteiger charge is -2.35. The van der Waals surface area contributed by atoms with Crippen LogP contribution in [-0.2, 0) is 4.79 Å². The fraction of sp³-hybridized carbons (Fsp3) is 0.444. The van der Waals surface area contributed by atoms with Crippen LogP contribution in [0.3, 0.4) is 0 Å². The molecule has 1 saturated heterocycles. The average molecular weight is 329 g/mol. The summed E-state index contributed by atoms with van der Waals surface area (Å²) in [6.45, 7) is 5.40. The number of fused-ring (bicyclic) bond motifs is 1. The lowest BCUT2D eigenvalue weighted by molar-refractivity contribution is -0.130. The highest BCUT2D eigenvalue weighted by Crippen LogP contribution is 2.23. The van der Waals surface area contributed by atoms with Crippen molar-refractivity contribution >= 4 is 16.8 Å². The summed E-state index contributed by atoms with van der Waals surface area (Å²) in [4.78, 5) is 19.6. The van der Waals surface area contributed by atoms with E-state index in [0.717, 1.165) is 42.8 Å².